The largest absolute Gasteiger partial charge is 0.452 e. The predicted molar refractivity (Wildman–Crippen MR) is 74.2 cm³/mol. The molecule has 20 heavy (non-hydrogen) atoms. The Hall–Kier alpha value is -2.09. The van der Waals surface area contributed by atoms with E-state index in [1.807, 2.05) is 0 Å². The first-order valence-corrected chi connectivity index (χ1v) is 6.53. The summed E-state index contributed by atoms with van der Waals surface area (Å²) in [6.45, 7) is 0.149. The van der Waals surface area contributed by atoms with Crippen molar-refractivity contribution in [3.63, 3.8) is 0 Å². The number of hydrogen-bond donors (Lipinski definition) is 1. The molecule has 0 aliphatic carbocycles. The Morgan fingerprint density at radius 1 is 1.40 bits per heavy atom. The van der Waals surface area contributed by atoms with Crippen LogP contribution in [0.1, 0.15) is 5.76 Å². The number of amides is 1. The normalized spacial score (nSPS) is 10.5. The number of aromatic nitrogens is 2. The number of rotatable bonds is 4. The molecule has 0 aliphatic rings. The van der Waals surface area contributed by atoms with Gasteiger partial charge >= 0.3 is 5.69 Å². The Kier molecular flexibility index (Phi) is 4.23. The summed E-state index contributed by atoms with van der Waals surface area (Å²) in [6, 6.07) is 4.68. The van der Waals surface area contributed by atoms with Crippen LogP contribution in [0, 0.1) is 0 Å². The lowest BCUT2D eigenvalue weighted by molar-refractivity contribution is -0.131. The first-order chi connectivity index (χ1) is 9.45. The van der Waals surface area contributed by atoms with Gasteiger partial charge in [-0.2, -0.15) is 0 Å². The maximum Gasteiger partial charge on any atom is 0.328 e. The molecule has 0 atom stereocenters. The summed E-state index contributed by atoms with van der Waals surface area (Å²) in [5.41, 5.74) is -1.10. The summed E-state index contributed by atoms with van der Waals surface area (Å²) in [4.78, 5) is 37.9. The highest BCUT2D eigenvalue weighted by atomic mass is 79.9. The van der Waals surface area contributed by atoms with Crippen LogP contribution in [-0.2, 0) is 17.9 Å². The molecular formula is C12H12BrN3O4. The third kappa shape index (κ3) is 3.47. The van der Waals surface area contributed by atoms with Crippen LogP contribution in [0.2, 0.25) is 0 Å². The molecule has 0 aliphatic heterocycles. The van der Waals surface area contributed by atoms with Gasteiger partial charge in [0.1, 0.15) is 12.3 Å². The van der Waals surface area contributed by atoms with Crippen molar-refractivity contribution >= 4 is 21.8 Å². The number of furan rings is 1. The highest BCUT2D eigenvalue weighted by Gasteiger charge is 2.12. The van der Waals surface area contributed by atoms with E-state index in [0.717, 1.165) is 4.57 Å². The minimum Gasteiger partial charge on any atom is -0.452 e. The first-order valence-electron chi connectivity index (χ1n) is 5.73. The van der Waals surface area contributed by atoms with E-state index in [4.69, 9.17) is 4.42 Å². The van der Waals surface area contributed by atoms with Gasteiger partial charge in [0.05, 0.1) is 6.54 Å². The van der Waals surface area contributed by atoms with E-state index < -0.39 is 11.2 Å². The molecule has 7 nitrogen and oxygen atoms in total. The molecule has 0 aromatic carbocycles. The van der Waals surface area contributed by atoms with E-state index in [0.29, 0.717) is 17.0 Å². The van der Waals surface area contributed by atoms with E-state index in [1.54, 1.807) is 19.2 Å². The molecule has 2 heterocycles. The van der Waals surface area contributed by atoms with Gasteiger partial charge in [0.25, 0.3) is 5.56 Å². The minimum atomic E-state index is -0.611. The number of carbonyl (C=O) groups excluding carboxylic acids is 1. The van der Waals surface area contributed by atoms with Crippen LogP contribution >= 0.6 is 15.9 Å². The first kappa shape index (κ1) is 14.3. The molecule has 0 radical (unpaired) electrons. The number of nitrogens with one attached hydrogen (secondary N) is 1. The van der Waals surface area contributed by atoms with Crippen LogP contribution in [0.3, 0.4) is 0 Å². The van der Waals surface area contributed by atoms with Gasteiger partial charge < -0.3 is 9.32 Å². The van der Waals surface area contributed by atoms with Crippen LogP contribution in [0.25, 0.3) is 0 Å². The van der Waals surface area contributed by atoms with Crippen LogP contribution in [-0.4, -0.2) is 27.4 Å². The molecule has 1 N–H and O–H groups in total. The summed E-state index contributed by atoms with van der Waals surface area (Å²) in [5, 5.41) is 0. The minimum absolute atomic E-state index is 0.145. The SMILES string of the molecule is CN(Cc1ccc(Br)o1)C(=O)Cn1ccc(=O)[nH]c1=O. The van der Waals surface area contributed by atoms with E-state index in [-0.39, 0.29) is 12.5 Å². The highest BCUT2D eigenvalue weighted by Crippen LogP contribution is 2.15. The Morgan fingerprint density at radius 3 is 2.75 bits per heavy atom. The topological polar surface area (TPSA) is 88.3 Å². The van der Waals surface area contributed by atoms with Gasteiger partial charge in [-0.05, 0) is 28.1 Å². The Balaban J connectivity index is 2.04. The average molecular weight is 342 g/mol. The number of H-pyrrole nitrogens is 1. The summed E-state index contributed by atoms with van der Waals surface area (Å²) in [7, 11) is 1.61. The maximum atomic E-state index is 12.0. The van der Waals surface area contributed by atoms with Gasteiger partial charge in [0, 0.05) is 19.3 Å². The standard InChI is InChI=1S/C12H12BrN3O4/c1-15(6-8-2-3-9(13)20-8)11(18)7-16-5-4-10(17)14-12(16)19/h2-5H,6-7H2,1H3,(H,14,17,19). The van der Waals surface area contributed by atoms with Gasteiger partial charge in [-0.3, -0.25) is 19.1 Å². The average Bonchev–Trinajstić information content (AvgIpc) is 2.78. The smallest absolute Gasteiger partial charge is 0.328 e. The summed E-state index contributed by atoms with van der Waals surface area (Å²) < 4.78 is 7.03. The second-order valence-corrected chi connectivity index (χ2v) is 4.98. The fourth-order valence-electron chi connectivity index (χ4n) is 1.59. The van der Waals surface area contributed by atoms with Gasteiger partial charge in [0.15, 0.2) is 4.67 Å². The second-order valence-electron chi connectivity index (χ2n) is 4.19. The van der Waals surface area contributed by atoms with Crippen molar-refractivity contribution in [2.24, 2.45) is 0 Å². The van der Waals surface area contributed by atoms with E-state index >= 15 is 0 Å². The number of halogens is 1. The van der Waals surface area contributed by atoms with Crippen LogP contribution < -0.4 is 11.2 Å². The Labute approximate surface area is 122 Å². The van der Waals surface area contributed by atoms with Gasteiger partial charge in [-0.25, -0.2) is 4.79 Å². The lowest BCUT2D eigenvalue weighted by Gasteiger charge is -2.16. The Morgan fingerprint density at radius 2 is 2.15 bits per heavy atom. The van der Waals surface area contributed by atoms with Crippen molar-refractivity contribution in [2.45, 2.75) is 13.1 Å². The predicted octanol–water partition coefficient (Wildman–Crippen LogP) is 0.551. The van der Waals surface area contributed by atoms with Gasteiger partial charge in [-0.1, -0.05) is 0 Å². The zero-order chi connectivity index (χ0) is 14.7. The van der Waals surface area contributed by atoms with Gasteiger partial charge in [0.2, 0.25) is 5.91 Å². The molecular weight excluding hydrogens is 330 g/mol. The van der Waals surface area contributed by atoms with Crippen LogP contribution in [0.15, 0.2) is 43.1 Å². The molecule has 0 saturated heterocycles. The van der Waals surface area contributed by atoms with Crippen molar-refractivity contribution in [1.82, 2.24) is 14.5 Å². The van der Waals surface area contributed by atoms with Crippen LogP contribution in [0.5, 0.6) is 0 Å². The number of carbonyl (C=O) groups is 1. The lowest BCUT2D eigenvalue weighted by atomic mass is 10.4. The van der Waals surface area contributed by atoms with Gasteiger partial charge in [-0.15, -0.1) is 0 Å². The Bertz CT molecular complexity index is 731. The van der Waals surface area contributed by atoms with E-state index in [9.17, 15) is 14.4 Å². The summed E-state index contributed by atoms with van der Waals surface area (Å²) >= 11 is 3.18. The second kappa shape index (κ2) is 5.91. The number of likely N-dealkylation sites (N-methyl/N-ethyl adjacent to an activating group) is 1. The van der Waals surface area contributed by atoms with E-state index in [2.05, 4.69) is 20.9 Å². The fourth-order valence-corrected chi connectivity index (χ4v) is 1.93. The summed E-state index contributed by atoms with van der Waals surface area (Å²) in [6.07, 6.45) is 1.29. The molecule has 0 fully saturated rings. The third-order valence-electron chi connectivity index (χ3n) is 2.65. The summed E-state index contributed by atoms with van der Waals surface area (Å²) in [5.74, 6) is 0.355. The monoisotopic (exact) mass is 341 g/mol. The van der Waals surface area contributed by atoms with Crippen molar-refractivity contribution in [2.75, 3.05) is 7.05 Å². The zero-order valence-electron chi connectivity index (χ0n) is 10.6. The molecule has 106 valence electrons. The molecule has 2 aromatic rings. The fraction of sp³-hybridized carbons (Fsp3) is 0.250. The molecule has 0 spiro atoms. The quantitative estimate of drug-likeness (QED) is 0.879. The van der Waals surface area contributed by atoms with Crippen molar-refractivity contribution in [3.05, 3.63) is 55.7 Å². The molecule has 8 heteroatoms. The number of aromatic amines is 1. The van der Waals surface area contributed by atoms with Crippen molar-refractivity contribution in [1.29, 1.82) is 0 Å². The zero-order valence-corrected chi connectivity index (χ0v) is 12.2. The highest BCUT2D eigenvalue weighted by molar-refractivity contribution is 9.10. The van der Waals surface area contributed by atoms with E-state index in [1.165, 1.54) is 17.2 Å². The number of hydrogen-bond acceptors (Lipinski definition) is 4. The molecule has 2 aromatic heterocycles. The van der Waals surface area contributed by atoms with Crippen molar-refractivity contribution < 1.29 is 9.21 Å². The molecule has 1 amide bonds. The van der Waals surface area contributed by atoms with Crippen molar-refractivity contribution in [3.8, 4) is 0 Å². The molecule has 2 rings (SSSR count). The number of nitrogens with zero attached hydrogens (tertiary/aromatic N) is 2. The molecule has 0 bridgehead atoms. The lowest BCUT2D eigenvalue weighted by Crippen LogP contribution is -2.36. The third-order valence-corrected chi connectivity index (χ3v) is 3.08. The van der Waals surface area contributed by atoms with Crippen LogP contribution in [0.4, 0.5) is 0 Å². The molecule has 0 unspecified atom stereocenters. The maximum absolute atomic E-state index is 12.0. The molecule has 0 saturated carbocycles.